The molecule has 7 nitrogen and oxygen atoms in total. The van der Waals surface area contributed by atoms with Gasteiger partial charge >= 0.3 is 0 Å². The Labute approximate surface area is 211 Å². The second kappa shape index (κ2) is 9.06. The molecule has 1 aromatic heterocycles. The topological polar surface area (TPSA) is 82.9 Å². The molecule has 1 aliphatic carbocycles. The Morgan fingerprint density at radius 1 is 1.17 bits per heavy atom. The molecule has 2 aromatic rings. The summed E-state index contributed by atoms with van der Waals surface area (Å²) >= 11 is 1.56. The normalized spacial score (nSPS) is 30.3. The van der Waals surface area contributed by atoms with Crippen molar-refractivity contribution in [2.24, 2.45) is 0 Å². The van der Waals surface area contributed by atoms with Gasteiger partial charge in [-0.05, 0) is 30.8 Å². The van der Waals surface area contributed by atoms with Crippen LogP contribution in [0.4, 0.5) is 0 Å². The van der Waals surface area contributed by atoms with E-state index < -0.39 is 38.7 Å². The number of hydrogen-bond acceptors (Lipinski definition) is 8. The first-order chi connectivity index (χ1) is 16.5. The molecule has 0 saturated carbocycles. The number of benzene rings is 1. The maximum atomic E-state index is 12.1. The molecule has 1 N–H and O–H groups in total. The summed E-state index contributed by atoms with van der Waals surface area (Å²) in [5.74, 6) is -1.68. The molecule has 3 aliphatic rings. The Morgan fingerprint density at radius 2 is 1.91 bits per heavy atom. The second-order valence-electron chi connectivity index (χ2n) is 10.9. The minimum Gasteiger partial charge on any atom is -0.414 e. The van der Waals surface area contributed by atoms with Crippen LogP contribution >= 0.6 is 11.8 Å². The van der Waals surface area contributed by atoms with E-state index >= 15 is 0 Å². The van der Waals surface area contributed by atoms with E-state index in [-0.39, 0.29) is 5.04 Å². The van der Waals surface area contributed by atoms with E-state index in [1.165, 1.54) is 6.33 Å². The second-order valence-corrected chi connectivity index (χ2v) is 16.5. The van der Waals surface area contributed by atoms with Crippen molar-refractivity contribution >= 4 is 31.7 Å². The summed E-state index contributed by atoms with van der Waals surface area (Å²) in [5.41, 5.74) is 1.59. The van der Waals surface area contributed by atoms with Crippen molar-refractivity contribution in [1.82, 2.24) is 9.97 Å². The fraction of sp³-hybridized carbons (Fsp3) is 0.538. The minimum atomic E-state index is -2.04. The van der Waals surface area contributed by atoms with Gasteiger partial charge in [0.15, 0.2) is 14.6 Å². The third-order valence-electron chi connectivity index (χ3n) is 7.69. The third kappa shape index (κ3) is 4.31. The van der Waals surface area contributed by atoms with Crippen LogP contribution in [0, 0.1) is 0 Å². The number of hydrogen-bond donors (Lipinski definition) is 1. The van der Waals surface area contributed by atoms with Crippen molar-refractivity contribution in [3.05, 3.63) is 52.8 Å². The van der Waals surface area contributed by atoms with Gasteiger partial charge in [-0.2, -0.15) is 0 Å². The molecule has 0 radical (unpaired) electrons. The first-order valence-corrected chi connectivity index (χ1v) is 16.2. The van der Waals surface area contributed by atoms with Gasteiger partial charge in [0.2, 0.25) is 5.79 Å². The lowest BCUT2D eigenvalue weighted by Crippen LogP contribution is -2.46. The first-order valence-electron chi connectivity index (χ1n) is 12.0. The van der Waals surface area contributed by atoms with Gasteiger partial charge in [0.1, 0.15) is 29.7 Å². The Morgan fingerprint density at radius 3 is 2.60 bits per heavy atom. The summed E-state index contributed by atoms with van der Waals surface area (Å²) in [4.78, 5) is 8.90. The van der Waals surface area contributed by atoms with Gasteiger partial charge in [0, 0.05) is 16.4 Å². The van der Waals surface area contributed by atoms with E-state index in [9.17, 15) is 5.11 Å². The number of thioether (sulfide) groups is 1. The highest BCUT2D eigenvalue weighted by atomic mass is 32.2. The van der Waals surface area contributed by atoms with Crippen LogP contribution < -0.4 is 10.6 Å². The van der Waals surface area contributed by atoms with Gasteiger partial charge < -0.3 is 23.7 Å². The lowest BCUT2D eigenvalue weighted by molar-refractivity contribution is -0.228. The predicted octanol–water partition coefficient (Wildman–Crippen LogP) is 3.13. The molecular weight excluding hydrogens is 480 g/mol. The van der Waals surface area contributed by atoms with Gasteiger partial charge in [-0.15, -0.1) is 11.8 Å². The Balaban J connectivity index is 1.51. The van der Waals surface area contributed by atoms with Crippen molar-refractivity contribution in [3.8, 4) is 0 Å². The SMILES string of the molecule is CSc1ncnc2c1=CCC=2C1(O)OC(CO[Si](C)(C)C(C)(C)C)C2OC(c3ccccc3)OC21. The largest absolute Gasteiger partial charge is 0.414 e. The summed E-state index contributed by atoms with van der Waals surface area (Å²) in [7, 11) is -2.04. The Hall–Kier alpha value is -1.59. The lowest BCUT2D eigenvalue weighted by Gasteiger charge is -2.37. The average Bonchev–Trinajstić information content (AvgIpc) is 3.52. The van der Waals surface area contributed by atoms with Crippen molar-refractivity contribution in [3.63, 3.8) is 0 Å². The molecule has 5 atom stereocenters. The molecule has 1 aromatic carbocycles. The molecule has 0 amide bonds. The van der Waals surface area contributed by atoms with Gasteiger partial charge in [0.05, 0.1) is 12.0 Å². The maximum Gasteiger partial charge on any atom is 0.221 e. The number of nitrogens with zero attached hydrogens (tertiary/aromatic N) is 2. The van der Waals surface area contributed by atoms with E-state index in [2.05, 4.69) is 49.9 Å². The van der Waals surface area contributed by atoms with Gasteiger partial charge in [0.25, 0.3) is 0 Å². The number of aliphatic hydroxyl groups is 1. The lowest BCUT2D eigenvalue weighted by atomic mass is 9.97. The zero-order valence-electron chi connectivity index (χ0n) is 21.1. The summed E-state index contributed by atoms with van der Waals surface area (Å²) in [5, 5.41) is 14.7. The average molecular weight is 515 g/mol. The highest BCUT2D eigenvalue weighted by molar-refractivity contribution is 7.98. The van der Waals surface area contributed by atoms with E-state index in [4.69, 9.17) is 18.6 Å². The molecule has 35 heavy (non-hydrogen) atoms. The van der Waals surface area contributed by atoms with E-state index in [0.29, 0.717) is 23.9 Å². The van der Waals surface area contributed by atoms with Crippen molar-refractivity contribution in [2.75, 3.05) is 12.9 Å². The monoisotopic (exact) mass is 514 g/mol. The van der Waals surface area contributed by atoms with Crippen LogP contribution in [-0.2, 0) is 18.6 Å². The number of ether oxygens (including phenoxy) is 3. The number of fused-ring (bicyclic) bond motifs is 2. The van der Waals surface area contributed by atoms with Crippen molar-refractivity contribution in [1.29, 1.82) is 0 Å². The standard InChI is InChI=1S/C26H34N2O5SSi/c1-25(2,3)35(5,6)30-14-19-21-22(32-24(31-21)16-10-8-7-9-11-16)26(29,33-19)18-13-12-17-20(18)27-15-28-23(17)34-4/h7-12,15,19,21-22,24,29H,13-14H2,1-6H3. The van der Waals surface area contributed by atoms with Crippen LogP contribution in [0.2, 0.25) is 18.1 Å². The van der Waals surface area contributed by atoms with Gasteiger partial charge in [-0.3, -0.25) is 0 Å². The molecule has 188 valence electrons. The van der Waals surface area contributed by atoms with Crippen LogP contribution in [0.5, 0.6) is 0 Å². The van der Waals surface area contributed by atoms with E-state index in [0.717, 1.165) is 15.8 Å². The maximum absolute atomic E-state index is 12.1. The summed E-state index contributed by atoms with van der Waals surface area (Å²) < 4.78 is 25.7. The molecule has 5 rings (SSSR count). The zero-order chi connectivity index (χ0) is 25.0. The molecule has 0 spiro atoms. The molecule has 9 heteroatoms. The van der Waals surface area contributed by atoms with Crippen LogP contribution in [0.1, 0.15) is 39.0 Å². The smallest absolute Gasteiger partial charge is 0.221 e. The third-order valence-corrected chi connectivity index (χ3v) is 12.9. The van der Waals surface area contributed by atoms with Crippen LogP contribution in [0.15, 0.2) is 41.7 Å². The molecule has 5 unspecified atom stereocenters. The zero-order valence-corrected chi connectivity index (χ0v) is 23.0. The molecule has 3 heterocycles. The predicted molar refractivity (Wildman–Crippen MR) is 137 cm³/mol. The number of aromatic nitrogens is 2. The highest BCUT2D eigenvalue weighted by Gasteiger charge is 2.63. The molecule has 2 saturated heterocycles. The molecular formula is C26H34N2O5SSi. The Kier molecular flexibility index (Phi) is 6.49. The first kappa shape index (κ1) is 25.1. The fourth-order valence-electron chi connectivity index (χ4n) is 4.65. The Bertz CT molecular complexity index is 1220. The summed E-state index contributed by atoms with van der Waals surface area (Å²) in [6.07, 6.45) is 3.83. The van der Waals surface area contributed by atoms with Gasteiger partial charge in [-0.1, -0.05) is 57.2 Å². The molecule has 0 bridgehead atoms. The molecule has 2 aliphatic heterocycles. The quantitative estimate of drug-likeness (QED) is 0.358. The number of rotatable bonds is 6. The molecule has 2 fully saturated rings. The summed E-state index contributed by atoms with van der Waals surface area (Å²) in [6, 6.07) is 9.80. The van der Waals surface area contributed by atoms with Crippen molar-refractivity contribution < 1.29 is 23.7 Å². The minimum absolute atomic E-state index is 0.0557. The summed E-state index contributed by atoms with van der Waals surface area (Å²) in [6.45, 7) is 11.4. The fourth-order valence-corrected chi connectivity index (χ4v) is 6.21. The van der Waals surface area contributed by atoms with Gasteiger partial charge in [-0.25, -0.2) is 9.97 Å². The van der Waals surface area contributed by atoms with E-state index in [1.807, 2.05) is 36.6 Å². The van der Waals surface area contributed by atoms with E-state index in [1.54, 1.807) is 11.8 Å². The van der Waals surface area contributed by atoms with Crippen LogP contribution in [0.3, 0.4) is 0 Å². The van der Waals surface area contributed by atoms with Crippen LogP contribution in [0.25, 0.3) is 11.6 Å². The van der Waals surface area contributed by atoms with Crippen molar-refractivity contribution in [2.45, 2.75) is 80.7 Å². The highest BCUT2D eigenvalue weighted by Crippen LogP contribution is 2.48. The van der Waals surface area contributed by atoms with Crippen LogP contribution in [-0.4, -0.2) is 60.4 Å².